The largest absolute Gasteiger partial charge is 0.484 e. The number of ether oxygens (including phenoxy) is 1. The molecule has 0 unspecified atom stereocenters. The molecule has 0 aromatic heterocycles. The maximum Gasteiger partial charge on any atom is 0.261 e. The van der Waals surface area contributed by atoms with Crippen molar-refractivity contribution in [2.24, 2.45) is 0 Å². The summed E-state index contributed by atoms with van der Waals surface area (Å²) in [6.07, 6.45) is 5.02. The molecule has 1 N–H and O–H groups in total. The summed E-state index contributed by atoms with van der Waals surface area (Å²) in [4.78, 5) is 27.5. The highest BCUT2D eigenvalue weighted by Gasteiger charge is 2.28. The second kappa shape index (κ2) is 11.2. The Morgan fingerprint density at radius 2 is 1.77 bits per heavy atom. The molecular weight excluding hydrogens is 444 g/mol. The second-order valence-electron chi connectivity index (χ2n) is 7.73. The lowest BCUT2D eigenvalue weighted by Gasteiger charge is -2.29. The van der Waals surface area contributed by atoms with Crippen molar-refractivity contribution in [1.82, 2.24) is 10.2 Å². The molecule has 5 nitrogen and oxygen atoms in total. The van der Waals surface area contributed by atoms with E-state index in [9.17, 15) is 9.59 Å². The van der Waals surface area contributed by atoms with Gasteiger partial charge in [0.15, 0.2) is 6.61 Å². The lowest BCUT2D eigenvalue weighted by molar-refractivity contribution is -0.141. The van der Waals surface area contributed by atoms with Gasteiger partial charge in [0.05, 0.1) is 0 Å². The summed E-state index contributed by atoms with van der Waals surface area (Å²) in [7, 11) is 0. The Labute approximate surface area is 186 Å². The van der Waals surface area contributed by atoms with Crippen LogP contribution in [0.1, 0.15) is 38.2 Å². The first kappa shape index (κ1) is 22.3. The maximum atomic E-state index is 13.0. The van der Waals surface area contributed by atoms with E-state index in [2.05, 4.69) is 21.2 Å². The molecule has 0 heterocycles. The van der Waals surface area contributed by atoms with Crippen molar-refractivity contribution in [3.63, 3.8) is 0 Å². The van der Waals surface area contributed by atoms with Gasteiger partial charge in [0, 0.05) is 17.1 Å². The Bertz CT molecular complexity index is 820. The van der Waals surface area contributed by atoms with E-state index in [0.29, 0.717) is 18.7 Å². The quantitative estimate of drug-likeness (QED) is 0.590. The molecule has 1 saturated carbocycles. The fraction of sp³-hybridized carbons (Fsp3) is 0.417. The van der Waals surface area contributed by atoms with E-state index >= 15 is 0 Å². The summed E-state index contributed by atoms with van der Waals surface area (Å²) in [6, 6.07) is 17.0. The number of hydrogen-bond acceptors (Lipinski definition) is 3. The number of nitrogens with one attached hydrogen (secondary N) is 1. The number of rotatable bonds is 9. The Kier molecular flexibility index (Phi) is 8.31. The highest BCUT2D eigenvalue weighted by molar-refractivity contribution is 9.10. The van der Waals surface area contributed by atoms with E-state index in [4.69, 9.17) is 4.74 Å². The number of halogens is 1. The number of carbonyl (C=O) groups excluding carboxylic acids is 2. The number of hydrogen-bond donors (Lipinski definition) is 1. The third-order valence-electron chi connectivity index (χ3n) is 5.53. The van der Waals surface area contributed by atoms with Crippen LogP contribution in [0.4, 0.5) is 0 Å². The van der Waals surface area contributed by atoms with Gasteiger partial charge in [0.1, 0.15) is 11.8 Å². The van der Waals surface area contributed by atoms with E-state index in [0.717, 1.165) is 35.7 Å². The molecule has 2 aromatic carbocycles. The second-order valence-corrected chi connectivity index (χ2v) is 8.65. The van der Waals surface area contributed by atoms with Gasteiger partial charge in [0.2, 0.25) is 5.91 Å². The van der Waals surface area contributed by atoms with Gasteiger partial charge < -0.3 is 15.0 Å². The molecular formula is C24H29BrN2O3. The summed E-state index contributed by atoms with van der Waals surface area (Å²) in [5.74, 6) is 0.340. The van der Waals surface area contributed by atoms with Gasteiger partial charge in [-0.25, -0.2) is 0 Å². The van der Waals surface area contributed by atoms with Crippen molar-refractivity contribution in [3.05, 3.63) is 64.6 Å². The van der Waals surface area contributed by atoms with Crippen molar-refractivity contribution in [1.29, 1.82) is 0 Å². The molecule has 3 rings (SSSR count). The molecule has 1 aliphatic carbocycles. The molecule has 2 aromatic rings. The van der Waals surface area contributed by atoms with Gasteiger partial charge in [-0.2, -0.15) is 0 Å². The highest BCUT2D eigenvalue weighted by atomic mass is 79.9. The van der Waals surface area contributed by atoms with Crippen LogP contribution in [0.15, 0.2) is 59.1 Å². The predicted octanol–water partition coefficient (Wildman–Crippen LogP) is 4.35. The minimum Gasteiger partial charge on any atom is -0.484 e. The monoisotopic (exact) mass is 472 g/mol. The Hall–Kier alpha value is -2.34. The average Bonchev–Trinajstić information content (AvgIpc) is 3.27. The fourth-order valence-corrected chi connectivity index (χ4v) is 3.99. The molecule has 1 aliphatic rings. The smallest absolute Gasteiger partial charge is 0.261 e. The van der Waals surface area contributed by atoms with Crippen LogP contribution in [0.25, 0.3) is 0 Å². The molecule has 0 radical (unpaired) electrons. The van der Waals surface area contributed by atoms with E-state index in [-0.39, 0.29) is 24.5 Å². The summed E-state index contributed by atoms with van der Waals surface area (Å²) in [6.45, 7) is 2.16. The minimum absolute atomic E-state index is 0.0908. The molecule has 1 atom stereocenters. The van der Waals surface area contributed by atoms with Crippen molar-refractivity contribution in [2.45, 2.75) is 51.1 Å². The summed E-state index contributed by atoms with van der Waals surface area (Å²) in [5.41, 5.74) is 1.13. The molecule has 0 bridgehead atoms. The molecule has 1 fully saturated rings. The minimum atomic E-state index is -0.546. The standard InChI is InChI=1S/C24H29BrN2O3/c1-18(24(29)26-21-9-5-6-10-21)27(16-15-19-7-3-2-4-8-19)23(28)17-30-22-13-11-20(25)12-14-22/h2-4,7-8,11-14,18,21H,5-6,9-10,15-17H2,1H3,(H,26,29)/t18-/m1/s1. The first-order valence-corrected chi connectivity index (χ1v) is 11.3. The van der Waals surface area contributed by atoms with Gasteiger partial charge in [-0.05, 0) is 56.0 Å². The summed E-state index contributed by atoms with van der Waals surface area (Å²) in [5, 5.41) is 3.11. The first-order valence-electron chi connectivity index (χ1n) is 10.5. The maximum absolute atomic E-state index is 13.0. The van der Waals surface area contributed by atoms with E-state index in [1.165, 1.54) is 0 Å². The third-order valence-corrected chi connectivity index (χ3v) is 6.06. The zero-order valence-electron chi connectivity index (χ0n) is 17.4. The van der Waals surface area contributed by atoms with Crippen molar-refractivity contribution in [3.8, 4) is 5.75 Å². The van der Waals surface area contributed by atoms with Gasteiger partial charge >= 0.3 is 0 Å². The SMILES string of the molecule is C[C@H](C(=O)NC1CCCC1)N(CCc1ccccc1)C(=O)COc1ccc(Br)cc1. The Balaban J connectivity index is 1.64. The van der Waals surface area contributed by atoms with Gasteiger partial charge in [-0.1, -0.05) is 59.1 Å². The molecule has 2 amide bonds. The van der Waals surface area contributed by atoms with Gasteiger partial charge in [-0.3, -0.25) is 9.59 Å². The van der Waals surface area contributed by atoms with E-state index in [1.54, 1.807) is 11.8 Å². The van der Waals surface area contributed by atoms with Crippen molar-refractivity contribution < 1.29 is 14.3 Å². The van der Waals surface area contributed by atoms with Crippen molar-refractivity contribution >= 4 is 27.7 Å². The number of benzene rings is 2. The van der Waals surface area contributed by atoms with Crippen LogP contribution < -0.4 is 10.1 Å². The molecule has 0 spiro atoms. The number of amides is 2. The molecule has 6 heteroatoms. The lowest BCUT2D eigenvalue weighted by Crippen LogP contribution is -2.51. The Morgan fingerprint density at radius 1 is 1.10 bits per heavy atom. The summed E-state index contributed by atoms with van der Waals surface area (Å²) < 4.78 is 6.62. The van der Waals surface area contributed by atoms with Crippen LogP contribution in [0.5, 0.6) is 5.75 Å². The van der Waals surface area contributed by atoms with Crippen LogP contribution in [-0.2, 0) is 16.0 Å². The van der Waals surface area contributed by atoms with E-state index < -0.39 is 6.04 Å². The number of nitrogens with zero attached hydrogens (tertiary/aromatic N) is 1. The van der Waals surface area contributed by atoms with Crippen LogP contribution in [0.2, 0.25) is 0 Å². The normalized spacial score (nSPS) is 14.9. The number of carbonyl (C=O) groups is 2. The predicted molar refractivity (Wildman–Crippen MR) is 121 cm³/mol. The Morgan fingerprint density at radius 3 is 2.43 bits per heavy atom. The molecule has 160 valence electrons. The van der Waals surface area contributed by atoms with Crippen LogP contribution in [-0.4, -0.2) is 41.9 Å². The van der Waals surface area contributed by atoms with Crippen LogP contribution in [0, 0.1) is 0 Å². The van der Waals surface area contributed by atoms with Crippen LogP contribution in [0.3, 0.4) is 0 Å². The van der Waals surface area contributed by atoms with Crippen LogP contribution >= 0.6 is 15.9 Å². The van der Waals surface area contributed by atoms with Gasteiger partial charge in [0.25, 0.3) is 5.91 Å². The molecule has 0 saturated heterocycles. The molecule has 0 aliphatic heterocycles. The third kappa shape index (κ3) is 6.59. The van der Waals surface area contributed by atoms with Crippen molar-refractivity contribution in [2.75, 3.05) is 13.2 Å². The zero-order valence-corrected chi connectivity index (χ0v) is 18.9. The van der Waals surface area contributed by atoms with Gasteiger partial charge in [-0.15, -0.1) is 0 Å². The zero-order chi connectivity index (χ0) is 21.3. The highest BCUT2D eigenvalue weighted by Crippen LogP contribution is 2.19. The fourth-order valence-electron chi connectivity index (χ4n) is 3.72. The summed E-state index contributed by atoms with van der Waals surface area (Å²) >= 11 is 3.39. The molecule has 30 heavy (non-hydrogen) atoms. The average molecular weight is 473 g/mol. The van der Waals surface area contributed by atoms with E-state index in [1.807, 2.05) is 54.6 Å². The lowest BCUT2D eigenvalue weighted by atomic mass is 10.1. The first-order chi connectivity index (χ1) is 14.5. The topological polar surface area (TPSA) is 58.6 Å².